The molecule has 0 atom stereocenters. The van der Waals surface area contributed by atoms with Crippen LogP contribution < -0.4 is 20.9 Å². The van der Waals surface area contributed by atoms with Crippen molar-refractivity contribution in [2.75, 3.05) is 6.61 Å². The molecule has 0 aliphatic heterocycles. The van der Waals surface area contributed by atoms with Gasteiger partial charge < -0.3 is 10.1 Å². The lowest BCUT2D eigenvalue weighted by molar-refractivity contribution is 0.0936. The zero-order valence-corrected chi connectivity index (χ0v) is 12.7. The predicted octanol–water partition coefficient (Wildman–Crippen LogP) is 1.62. The van der Waals surface area contributed by atoms with Crippen molar-refractivity contribution >= 4 is 11.9 Å². The van der Waals surface area contributed by atoms with E-state index in [0.29, 0.717) is 18.1 Å². The minimum absolute atomic E-state index is 0.232. The van der Waals surface area contributed by atoms with Gasteiger partial charge in [-0.15, -0.1) is 0 Å². The largest absolute Gasteiger partial charge is 0.478 e. The number of urea groups is 1. The fraction of sp³-hybridized carbons (Fsp3) is 0.188. The van der Waals surface area contributed by atoms with Crippen LogP contribution in [0.4, 0.5) is 4.79 Å². The Morgan fingerprint density at radius 3 is 2.61 bits per heavy atom. The Hall–Kier alpha value is -3.09. The van der Waals surface area contributed by atoms with Gasteiger partial charge in [-0.1, -0.05) is 24.3 Å². The zero-order chi connectivity index (χ0) is 16.5. The number of nitrogens with zero attached hydrogens (tertiary/aromatic N) is 1. The summed E-state index contributed by atoms with van der Waals surface area (Å²) in [5, 5.41) is 2.62. The van der Waals surface area contributed by atoms with Crippen molar-refractivity contribution < 1.29 is 14.3 Å². The molecule has 0 saturated heterocycles. The van der Waals surface area contributed by atoms with Crippen LogP contribution in [0.25, 0.3) is 0 Å². The lowest BCUT2D eigenvalue weighted by Crippen LogP contribution is -2.46. The van der Waals surface area contributed by atoms with E-state index < -0.39 is 11.9 Å². The lowest BCUT2D eigenvalue weighted by Gasteiger charge is -2.11. The molecule has 0 aliphatic rings. The van der Waals surface area contributed by atoms with E-state index in [9.17, 15) is 9.59 Å². The molecule has 2 aromatic rings. The molecule has 1 heterocycles. The maximum Gasteiger partial charge on any atom is 0.333 e. The second-order valence-electron chi connectivity index (χ2n) is 4.53. The summed E-state index contributed by atoms with van der Waals surface area (Å²) in [6.45, 7) is 2.58. The number of amides is 3. The number of carbonyl (C=O) groups is 2. The number of hydrazine groups is 1. The average molecular weight is 314 g/mol. The Balaban J connectivity index is 1.81. The van der Waals surface area contributed by atoms with Crippen molar-refractivity contribution in [3.63, 3.8) is 0 Å². The number of pyridine rings is 1. The van der Waals surface area contributed by atoms with Crippen molar-refractivity contribution in [2.24, 2.45) is 0 Å². The van der Waals surface area contributed by atoms with Gasteiger partial charge in [-0.05, 0) is 25.1 Å². The SMILES string of the molecule is CCOc1ncccc1CNC(=O)NNC(=O)c1ccccc1. The molecule has 0 radical (unpaired) electrons. The van der Waals surface area contributed by atoms with E-state index >= 15 is 0 Å². The molecular formula is C16H18N4O3. The third kappa shape index (κ3) is 4.99. The number of hydrogen-bond donors (Lipinski definition) is 3. The van der Waals surface area contributed by atoms with Crippen LogP contribution in [-0.4, -0.2) is 23.5 Å². The van der Waals surface area contributed by atoms with Gasteiger partial charge in [0.05, 0.1) is 6.61 Å². The van der Waals surface area contributed by atoms with E-state index in [0.717, 1.165) is 5.56 Å². The van der Waals surface area contributed by atoms with Crippen molar-refractivity contribution in [3.8, 4) is 5.88 Å². The molecule has 2 rings (SSSR count). The summed E-state index contributed by atoms with van der Waals surface area (Å²) >= 11 is 0. The minimum atomic E-state index is -0.527. The number of rotatable bonds is 5. The number of benzene rings is 1. The average Bonchev–Trinajstić information content (AvgIpc) is 2.60. The molecule has 3 N–H and O–H groups in total. The molecule has 0 unspecified atom stereocenters. The van der Waals surface area contributed by atoms with E-state index in [4.69, 9.17) is 4.74 Å². The van der Waals surface area contributed by atoms with Crippen LogP contribution in [0.2, 0.25) is 0 Å². The molecule has 7 nitrogen and oxygen atoms in total. The first-order chi connectivity index (χ1) is 11.2. The topological polar surface area (TPSA) is 92.3 Å². The number of carbonyl (C=O) groups excluding carboxylic acids is 2. The Kier molecular flexibility index (Phi) is 5.93. The van der Waals surface area contributed by atoms with Gasteiger partial charge in [0, 0.05) is 23.9 Å². The van der Waals surface area contributed by atoms with Crippen molar-refractivity contribution in [1.82, 2.24) is 21.2 Å². The first-order valence-corrected chi connectivity index (χ1v) is 7.16. The number of ether oxygens (including phenoxy) is 1. The Morgan fingerprint density at radius 1 is 1.09 bits per heavy atom. The molecule has 1 aromatic carbocycles. The fourth-order valence-electron chi connectivity index (χ4n) is 1.82. The van der Waals surface area contributed by atoms with Crippen LogP contribution in [0.3, 0.4) is 0 Å². The summed E-state index contributed by atoms with van der Waals surface area (Å²) < 4.78 is 5.37. The first-order valence-electron chi connectivity index (χ1n) is 7.16. The van der Waals surface area contributed by atoms with E-state index in [1.807, 2.05) is 6.92 Å². The molecule has 0 saturated carbocycles. The van der Waals surface area contributed by atoms with E-state index in [1.165, 1.54) is 0 Å². The molecule has 23 heavy (non-hydrogen) atoms. The summed E-state index contributed by atoms with van der Waals surface area (Å²) in [5.74, 6) is 0.0840. The van der Waals surface area contributed by atoms with Gasteiger partial charge in [-0.25, -0.2) is 15.2 Å². The molecule has 3 amide bonds. The summed E-state index contributed by atoms with van der Waals surface area (Å²) in [7, 11) is 0. The highest BCUT2D eigenvalue weighted by Gasteiger charge is 2.08. The van der Waals surface area contributed by atoms with Crippen LogP contribution in [0, 0.1) is 0 Å². The van der Waals surface area contributed by atoms with Gasteiger partial charge in [0.15, 0.2) is 0 Å². The molecule has 120 valence electrons. The monoisotopic (exact) mass is 314 g/mol. The van der Waals surface area contributed by atoms with E-state index in [2.05, 4.69) is 21.2 Å². The number of hydrogen-bond acceptors (Lipinski definition) is 4. The normalized spacial score (nSPS) is 9.78. The van der Waals surface area contributed by atoms with Crippen LogP contribution in [0.15, 0.2) is 48.7 Å². The fourth-order valence-corrected chi connectivity index (χ4v) is 1.82. The molecule has 0 fully saturated rings. The Labute approximate surface area is 134 Å². The van der Waals surface area contributed by atoms with Crippen molar-refractivity contribution in [3.05, 3.63) is 59.8 Å². The maximum absolute atomic E-state index is 11.8. The van der Waals surface area contributed by atoms with Crippen LogP contribution >= 0.6 is 0 Å². The standard InChI is InChI=1S/C16H18N4O3/c1-2-23-15-13(9-6-10-17-15)11-18-16(22)20-19-14(21)12-7-4-3-5-8-12/h3-10H,2,11H2,1H3,(H,19,21)(H2,18,20,22). The van der Waals surface area contributed by atoms with Gasteiger partial charge >= 0.3 is 6.03 Å². The number of nitrogens with one attached hydrogen (secondary N) is 3. The van der Waals surface area contributed by atoms with E-state index in [1.54, 1.807) is 48.7 Å². The minimum Gasteiger partial charge on any atom is -0.478 e. The quantitative estimate of drug-likeness (QED) is 0.731. The number of aromatic nitrogens is 1. The van der Waals surface area contributed by atoms with Gasteiger partial charge in [0.2, 0.25) is 5.88 Å². The smallest absolute Gasteiger partial charge is 0.333 e. The molecule has 1 aromatic heterocycles. The van der Waals surface area contributed by atoms with E-state index in [-0.39, 0.29) is 6.54 Å². The second-order valence-corrected chi connectivity index (χ2v) is 4.53. The molecule has 0 aliphatic carbocycles. The highest BCUT2D eigenvalue weighted by Crippen LogP contribution is 2.13. The van der Waals surface area contributed by atoms with Gasteiger partial charge in [0.25, 0.3) is 5.91 Å². The van der Waals surface area contributed by atoms with Crippen LogP contribution in [0.5, 0.6) is 5.88 Å². The predicted molar refractivity (Wildman–Crippen MR) is 84.7 cm³/mol. The van der Waals surface area contributed by atoms with Gasteiger partial charge in [-0.2, -0.15) is 0 Å². The van der Waals surface area contributed by atoms with Crippen molar-refractivity contribution in [2.45, 2.75) is 13.5 Å². The zero-order valence-electron chi connectivity index (χ0n) is 12.7. The molecule has 7 heteroatoms. The highest BCUT2D eigenvalue weighted by molar-refractivity contribution is 5.95. The summed E-state index contributed by atoms with van der Waals surface area (Å²) in [6.07, 6.45) is 1.62. The van der Waals surface area contributed by atoms with Crippen LogP contribution in [0.1, 0.15) is 22.8 Å². The Morgan fingerprint density at radius 2 is 1.87 bits per heavy atom. The molecule has 0 spiro atoms. The first kappa shape index (κ1) is 16.3. The summed E-state index contributed by atoms with van der Waals surface area (Å²) in [6, 6.07) is 11.6. The van der Waals surface area contributed by atoms with Gasteiger partial charge in [0.1, 0.15) is 0 Å². The highest BCUT2D eigenvalue weighted by atomic mass is 16.5. The Bertz CT molecular complexity index is 661. The maximum atomic E-state index is 11.8. The van der Waals surface area contributed by atoms with Crippen LogP contribution in [-0.2, 0) is 6.54 Å². The summed E-state index contributed by atoms with van der Waals surface area (Å²) in [5.41, 5.74) is 5.82. The lowest BCUT2D eigenvalue weighted by atomic mass is 10.2. The third-order valence-electron chi connectivity index (χ3n) is 2.90. The molecular weight excluding hydrogens is 296 g/mol. The summed E-state index contributed by atoms with van der Waals surface area (Å²) in [4.78, 5) is 27.6. The van der Waals surface area contributed by atoms with Crippen molar-refractivity contribution in [1.29, 1.82) is 0 Å². The molecule has 0 bridgehead atoms. The van der Waals surface area contributed by atoms with Gasteiger partial charge in [-0.3, -0.25) is 10.2 Å². The second kappa shape index (κ2) is 8.38. The third-order valence-corrected chi connectivity index (χ3v) is 2.90.